The predicted octanol–water partition coefficient (Wildman–Crippen LogP) is 2.21. The fourth-order valence-electron chi connectivity index (χ4n) is 3.73. The van der Waals surface area contributed by atoms with Gasteiger partial charge in [0, 0.05) is 26.7 Å². The third kappa shape index (κ3) is 2.83. The summed E-state index contributed by atoms with van der Waals surface area (Å²) in [7, 11) is 2.00. The minimum absolute atomic E-state index is 0.00635. The molecule has 1 aromatic heterocycles. The van der Waals surface area contributed by atoms with Crippen LogP contribution in [0, 0.1) is 0 Å². The van der Waals surface area contributed by atoms with E-state index in [1.54, 1.807) is 4.90 Å². The molecule has 25 heavy (non-hydrogen) atoms. The van der Waals surface area contributed by atoms with Crippen molar-refractivity contribution in [3.63, 3.8) is 0 Å². The fraction of sp³-hybridized carbons (Fsp3) is 0.500. The number of H-pyrrole nitrogens is 1. The Balaban J connectivity index is 1.28. The van der Waals surface area contributed by atoms with Crippen molar-refractivity contribution >= 4 is 28.9 Å². The van der Waals surface area contributed by atoms with Gasteiger partial charge in [-0.3, -0.25) is 9.69 Å². The topological polar surface area (TPSA) is 72.5 Å². The van der Waals surface area contributed by atoms with Crippen LogP contribution in [0.2, 0.25) is 0 Å². The third-order valence-electron chi connectivity index (χ3n) is 5.14. The second kappa shape index (κ2) is 6.38. The van der Waals surface area contributed by atoms with Crippen LogP contribution in [-0.2, 0) is 4.79 Å². The Bertz CT molecular complexity index is 747. The zero-order valence-electron chi connectivity index (χ0n) is 14.4. The first-order chi connectivity index (χ1) is 12.1. The van der Waals surface area contributed by atoms with Gasteiger partial charge in [-0.15, -0.1) is 0 Å². The molecule has 2 aromatic rings. The molecule has 0 aliphatic carbocycles. The number of carbonyl (C=O) groups is 2. The summed E-state index contributed by atoms with van der Waals surface area (Å²) in [5.74, 6) is 0.836. The standard InChI is InChI=1S/C18H23N5O2/c1-21(17-19-13-7-2-3-8-14(13)20-17)10-4-5-11-23-16(24)15-9-6-12-22(15)18(23)25/h2-3,7-8,15H,4-6,9-12H2,1H3,(H,19,20). The number of aromatic nitrogens is 2. The number of benzene rings is 1. The first-order valence-electron chi connectivity index (χ1n) is 8.93. The normalized spacial score (nSPS) is 20.0. The Hall–Kier alpha value is -2.57. The number of fused-ring (bicyclic) bond motifs is 2. The summed E-state index contributed by atoms with van der Waals surface area (Å²) in [4.78, 5) is 37.7. The molecule has 132 valence electrons. The minimum Gasteiger partial charge on any atom is -0.345 e. The second-order valence-corrected chi connectivity index (χ2v) is 6.83. The second-order valence-electron chi connectivity index (χ2n) is 6.83. The van der Waals surface area contributed by atoms with Crippen molar-refractivity contribution in [2.75, 3.05) is 31.6 Å². The van der Waals surface area contributed by atoms with E-state index in [1.165, 1.54) is 4.90 Å². The summed E-state index contributed by atoms with van der Waals surface area (Å²) in [6, 6.07) is 7.67. The van der Waals surface area contributed by atoms with Crippen LogP contribution in [0.1, 0.15) is 25.7 Å². The van der Waals surface area contributed by atoms with Crippen LogP contribution in [0.15, 0.2) is 24.3 Å². The molecule has 2 fully saturated rings. The smallest absolute Gasteiger partial charge is 0.327 e. The van der Waals surface area contributed by atoms with E-state index >= 15 is 0 Å². The number of imide groups is 1. The third-order valence-corrected chi connectivity index (χ3v) is 5.14. The Morgan fingerprint density at radius 1 is 1.28 bits per heavy atom. The molecular weight excluding hydrogens is 318 g/mol. The number of rotatable bonds is 6. The zero-order valence-corrected chi connectivity index (χ0v) is 14.4. The number of anilines is 1. The lowest BCUT2D eigenvalue weighted by Gasteiger charge is -2.18. The van der Waals surface area contributed by atoms with Gasteiger partial charge < -0.3 is 14.8 Å². The minimum atomic E-state index is -0.189. The van der Waals surface area contributed by atoms with Gasteiger partial charge in [-0.2, -0.15) is 0 Å². The molecule has 2 saturated heterocycles. The van der Waals surface area contributed by atoms with E-state index < -0.39 is 0 Å². The summed E-state index contributed by atoms with van der Waals surface area (Å²) in [6.07, 6.45) is 3.46. The molecule has 0 radical (unpaired) electrons. The van der Waals surface area contributed by atoms with Crippen LogP contribution in [-0.4, -0.2) is 64.4 Å². The van der Waals surface area contributed by atoms with E-state index in [1.807, 2.05) is 31.3 Å². The summed E-state index contributed by atoms with van der Waals surface area (Å²) >= 11 is 0. The van der Waals surface area contributed by atoms with Gasteiger partial charge in [-0.05, 0) is 37.8 Å². The van der Waals surface area contributed by atoms with Crippen molar-refractivity contribution < 1.29 is 9.59 Å². The number of nitrogens with zero attached hydrogens (tertiary/aromatic N) is 4. The van der Waals surface area contributed by atoms with Gasteiger partial charge in [-0.1, -0.05) is 12.1 Å². The molecule has 0 spiro atoms. The first-order valence-corrected chi connectivity index (χ1v) is 8.93. The molecule has 2 aliphatic rings. The summed E-state index contributed by atoms with van der Waals surface area (Å²) in [6.45, 7) is 2.06. The number of para-hydroxylation sites is 2. The van der Waals surface area contributed by atoms with Crippen LogP contribution >= 0.6 is 0 Å². The van der Waals surface area contributed by atoms with E-state index in [4.69, 9.17) is 0 Å². The molecule has 3 heterocycles. The number of hydrogen-bond donors (Lipinski definition) is 1. The fourth-order valence-corrected chi connectivity index (χ4v) is 3.73. The lowest BCUT2D eigenvalue weighted by atomic mass is 10.2. The number of carbonyl (C=O) groups excluding carboxylic acids is 2. The first kappa shape index (κ1) is 15.9. The van der Waals surface area contributed by atoms with E-state index in [9.17, 15) is 9.59 Å². The Morgan fingerprint density at radius 3 is 2.92 bits per heavy atom. The monoisotopic (exact) mass is 341 g/mol. The lowest BCUT2D eigenvalue weighted by Crippen LogP contribution is -2.34. The molecule has 1 N–H and O–H groups in total. The zero-order chi connectivity index (χ0) is 17.4. The summed E-state index contributed by atoms with van der Waals surface area (Å²) < 4.78 is 0. The molecule has 1 atom stereocenters. The van der Waals surface area contributed by atoms with Crippen molar-refractivity contribution in [1.82, 2.24) is 19.8 Å². The SMILES string of the molecule is CN(CCCCN1C(=O)C2CCCN2C1=O)c1nc2ccccc2[nH]1. The average Bonchev–Trinajstić information content (AvgIpc) is 3.31. The predicted molar refractivity (Wildman–Crippen MR) is 95.4 cm³/mol. The van der Waals surface area contributed by atoms with E-state index in [0.29, 0.717) is 6.54 Å². The highest BCUT2D eigenvalue weighted by molar-refractivity contribution is 6.04. The Morgan fingerprint density at radius 2 is 2.12 bits per heavy atom. The van der Waals surface area contributed by atoms with Gasteiger partial charge in [0.2, 0.25) is 5.95 Å². The van der Waals surface area contributed by atoms with E-state index in [2.05, 4.69) is 14.9 Å². The number of unbranched alkanes of at least 4 members (excludes halogenated alkanes) is 1. The molecule has 4 rings (SSSR count). The van der Waals surface area contributed by atoms with Crippen molar-refractivity contribution in [3.8, 4) is 0 Å². The molecule has 0 bridgehead atoms. The molecule has 2 aliphatic heterocycles. The van der Waals surface area contributed by atoms with Gasteiger partial charge in [0.25, 0.3) is 5.91 Å². The lowest BCUT2D eigenvalue weighted by molar-refractivity contribution is -0.128. The summed E-state index contributed by atoms with van der Waals surface area (Å²) in [5.41, 5.74) is 1.98. The highest BCUT2D eigenvalue weighted by Gasteiger charge is 2.46. The van der Waals surface area contributed by atoms with Crippen LogP contribution in [0.3, 0.4) is 0 Å². The largest absolute Gasteiger partial charge is 0.345 e. The molecule has 3 amide bonds. The molecule has 7 nitrogen and oxygen atoms in total. The van der Waals surface area contributed by atoms with Crippen molar-refractivity contribution in [2.24, 2.45) is 0 Å². The van der Waals surface area contributed by atoms with Crippen LogP contribution in [0.25, 0.3) is 11.0 Å². The maximum atomic E-state index is 12.3. The highest BCUT2D eigenvalue weighted by Crippen LogP contribution is 2.27. The highest BCUT2D eigenvalue weighted by atomic mass is 16.2. The van der Waals surface area contributed by atoms with Gasteiger partial charge >= 0.3 is 6.03 Å². The van der Waals surface area contributed by atoms with Gasteiger partial charge in [0.05, 0.1) is 11.0 Å². The quantitative estimate of drug-likeness (QED) is 0.646. The average molecular weight is 341 g/mol. The number of hydrogen-bond acceptors (Lipinski definition) is 4. The van der Waals surface area contributed by atoms with Gasteiger partial charge in [0.1, 0.15) is 6.04 Å². The van der Waals surface area contributed by atoms with E-state index in [0.717, 1.165) is 55.8 Å². The molecule has 1 aromatic carbocycles. The molecule has 1 unspecified atom stereocenters. The molecule has 7 heteroatoms. The van der Waals surface area contributed by atoms with Crippen LogP contribution in [0.5, 0.6) is 0 Å². The number of urea groups is 1. The number of imidazole rings is 1. The number of nitrogens with one attached hydrogen (secondary N) is 1. The van der Waals surface area contributed by atoms with E-state index in [-0.39, 0.29) is 18.0 Å². The Labute approximate surface area is 146 Å². The van der Waals surface area contributed by atoms with Gasteiger partial charge in [0.15, 0.2) is 0 Å². The molecule has 0 saturated carbocycles. The van der Waals surface area contributed by atoms with Crippen LogP contribution in [0.4, 0.5) is 10.7 Å². The number of aromatic amines is 1. The van der Waals surface area contributed by atoms with Gasteiger partial charge in [-0.25, -0.2) is 9.78 Å². The van der Waals surface area contributed by atoms with Crippen molar-refractivity contribution in [1.29, 1.82) is 0 Å². The maximum absolute atomic E-state index is 12.3. The number of amides is 3. The van der Waals surface area contributed by atoms with Crippen molar-refractivity contribution in [2.45, 2.75) is 31.7 Å². The maximum Gasteiger partial charge on any atom is 0.327 e. The Kier molecular flexibility index (Phi) is 4.07. The summed E-state index contributed by atoms with van der Waals surface area (Å²) in [5, 5.41) is 0. The van der Waals surface area contributed by atoms with Crippen LogP contribution < -0.4 is 4.90 Å². The molecular formula is C18H23N5O2. The van der Waals surface area contributed by atoms with Crippen molar-refractivity contribution in [3.05, 3.63) is 24.3 Å².